The van der Waals surface area contributed by atoms with Gasteiger partial charge in [-0.1, -0.05) is 24.8 Å². The molecule has 0 bridgehead atoms. The number of thioether (sulfide) groups is 1. The van der Waals surface area contributed by atoms with Crippen LogP contribution in [0.15, 0.2) is 17.8 Å². The van der Waals surface area contributed by atoms with E-state index in [9.17, 15) is 4.79 Å². The molecular weight excluding hydrogens is 308 g/mol. The quantitative estimate of drug-likeness (QED) is 0.567. The lowest BCUT2D eigenvalue weighted by atomic mass is 10.0. The average Bonchev–Trinajstić information content (AvgIpc) is 3.35. The second-order valence-electron chi connectivity index (χ2n) is 6.45. The van der Waals surface area contributed by atoms with Crippen molar-refractivity contribution in [2.75, 3.05) is 12.3 Å². The summed E-state index contributed by atoms with van der Waals surface area (Å²) in [5, 5.41) is 9.50. The first-order chi connectivity index (χ1) is 11.2. The predicted octanol–water partition coefficient (Wildman–Crippen LogP) is 3.22. The van der Waals surface area contributed by atoms with Crippen LogP contribution in [-0.4, -0.2) is 43.9 Å². The fraction of sp³-hybridized carbons (Fsp3) is 0.706. The van der Waals surface area contributed by atoms with E-state index >= 15 is 0 Å². The normalized spacial score (nSPS) is 21.4. The molecule has 5 nitrogen and oxygen atoms in total. The number of nitrogens with zero attached hydrogens (tertiary/aromatic N) is 4. The van der Waals surface area contributed by atoms with Crippen molar-refractivity contribution >= 4 is 17.7 Å². The predicted molar refractivity (Wildman–Crippen MR) is 92.6 cm³/mol. The summed E-state index contributed by atoms with van der Waals surface area (Å²) in [7, 11) is 0. The van der Waals surface area contributed by atoms with E-state index in [-0.39, 0.29) is 5.91 Å². The molecule has 0 aromatic carbocycles. The number of rotatable bonds is 7. The maximum absolute atomic E-state index is 12.6. The number of hydrogen-bond acceptors (Lipinski definition) is 4. The molecule has 2 heterocycles. The van der Waals surface area contributed by atoms with E-state index in [1.165, 1.54) is 31.0 Å². The van der Waals surface area contributed by atoms with Gasteiger partial charge in [0.15, 0.2) is 5.16 Å². The van der Waals surface area contributed by atoms with Crippen LogP contribution in [0.1, 0.15) is 57.2 Å². The summed E-state index contributed by atoms with van der Waals surface area (Å²) in [5.41, 5.74) is 0. The van der Waals surface area contributed by atoms with Gasteiger partial charge >= 0.3 is 0 Å². The third-order valence-corrected chi connectivity index (χ3v) is 5.69. The molecule has 1 unspecified atom stereocenters. The Bertz CT molecular complexity index is 567. The third-order valence-electron chi connectivity index (χ3n) is 4.74. The first-order valence-corrected chi connectivity index (χ1v) is 9.69. The number of amides is 1. The fourth-order valence-corrected chi connectivity index (χ4v) is 4.15. The minimum Gasteiger partial charge on any atom is -0.339 e. The lowest BCUT2D eigenvalue weighted by molar-refractivity contribution is -0.132. The number of carbonyl (C=O) groups excluding carboxylic acids is 1. The van der Waals surface area contributed by atoms with Gasteiger partial charge in [0, 0.05) is 25.0 Å². The Kier molecular flexibility index (Phi) is 5.41. The highest BCUT2D eigenvalue weighted by atomic mass is 32.2. The minimum atomic E-state index is 0.239. The van der Waals surface area contributed by atoms with Gasteiger partial charge in [-0.2, -0.15) is 0 Å². The van der Waals surface area contributed by atoms with Crippen LogP contribution in [-0.2, 0) is 11.3 Å². The maximum atomic E-state index is 12.6. The van der Waals surface area contributed by atoms with Gasteiger partial charge in [0.1, 0.15) is 5.82 Å². The molecule has 1 atom stereocenters. The third kappa shape index (κ3) is 3.79. The molecule has 2 aliphatic rings. The van der Waals surface area contributed by atoms with Crippen LogP contribution in [0, 0.1) is 0 Å². The van der Waals surface area contributed by atoms with E-state index < -0.39 is 0 Å². The molecule has 1 aliphatic heterocycles. The Morgan fingerprint density at radius 2 is 2.17 bits per heavy atom. The average molecular weight is 334 g/mol. The number of allylic oxidation sites excluding steroid dienone is 1. The molecule has 1 saturated heterocycles. The standard InChI is InChI=1S/C17H26N4OS/c1-3-10-21-16(13-8-9-13)18-19-17(21)23-12-15(22)20-11-6-5-7-14(20)4-2/h3,13-14H,1,4-12H2,2H3. The van der Waals surface area contributed by atoms with E-state index in [0.717, 1.165) is 43.3 Å². The smallest absolute Gasteiger partial charge is 0.233 e. The Labute approximate surface area is 142 Å². The molecule has 1 saturated carbocycles. The van der Waals surface area contributed by atoms with Gasteiger partial charge in [-0.15, -0.1) is 16.8 Å². The molecule has 126 valence electrons. The Morgan fingerprint density at radius 1 is 1.35 bits per heavy atom. The zero-order valence-corrected chi connectivity index (χ0v) is 14.7. The van der Waals surface area contributed by atoms with E-state index in [0.29, 0.717) is 17.7 Å². The number of likely N-dealkylation sites (tertiary alicyclic amines) is 1. The van der Waals surface area contributed by atoms with Gasteiger partial charge in [-0.05, 0) is 38.5 Å². The molecule has 23 heavy (non-hydrogen) atoms. The largest absolute Gasteiger partial charge is 0.339 e. The molecule has 1 amide bonds. The summed E-state index contributed by atoms with van der Waals surface area (Å²) in [6.07, 6.45) is 8.84. The van der Waals surface area contributed by atoms with Crippen molar-refractivity contribution in [2.24, 2.45) is 0 Å². The summed E-state index contributed by atoms with van der Waals surface area (Å²) in [4.78, 5) is 14.7. The molecule has 1 aliphatic carbocycles. The Hall–Kier alpha value is -1.30. The maximum Gasteiger partial charge on any atom is 0.233 e. The second-order valence-corrected chi connectivity index (χ2v) is 7.39. The van der Waals surface area contributed by atoms with E-state index in [4.69, 9.17) is 0 Å². The topological polar surface area (TPSA) is 51.0 Å². The summed E-state index contributed by atoms with van der Waals surface area (Å²) in [6.45, 7) is 7.63. The Morgan fingerprint density at radius 3 is 2.87 bits per heavy atom. The lowest BCUT2D eigenvalue weighted by Crippen LogP contribution is -2.44. The number of hydrogen-bond donors (Lipinski definition) is 0. The van der Waals surface area contributed by atoms with Crippen molar-refractivity contribution < 1.29 is 4.79 Å². The highest BCUT2D eigenvalue weighted by molar-refractivity contribution is 7.99. The molecule has 1 aromatic heterocycles. The Balaban J connectivity index is 1.63. The van der Waals surface area contributed by atoms with Gasteiger partial charge in [-0.25, -0.2) is 0 Å². The first kappa shape index (κ1) is 16.6. The monoisotopic (exact) mass is 334 g/mol. The molecule has 0 spiro atoms. The van der Waals surface area contributed by atoms with Crippen molar-refractivity contribution in [3.8, 4) is 0 Å². The molecule has 0 radical (unpaired) electrons. The van der Waals surface area contributed by atoms with Crippen molar-refractivity contribution in [3.63, 3.8) is 0 Å². The van der Waals surface area contributed by atoms with Crippen LogP contribution in [0.25, 0.3) is 0 Å². The van der Waals surface area contributed by atoms with Crippen molar-refractivity contribution in [1.29, 1.82) is 0 Å². The molecule has 0 N–H and O–H groups in total. The zero-order valence-electron chi connectivity index (χ0n) is 13.9. The number of piperidine rings is 1. The van der Waals surface area contributed by atoms with Crippen LogP contribution in [0.4, 0.5) is 0 Å². The van der Waals surface area contributed by atoms with E-state index in [2.05, 4.69) is 33.2 Å². The van der Waals surface area contributed by atoms with Gasteiger partial charge in [0.25, 0.3) is 0 Å². The summed E-state index contributed by atoms with van der Waals surface area (Å²) < 4.78 is 2.12. The minimum absolute atomic E-state index is 0.239. The van der Waals surface area contributed by atoms with Crippen molar-refractivity contribution in [1.82, 2.24) is 19.7 Å². The van der Waals surface area contributed by atoms with E-state index in [1.807, 2.05) is 6.08 Å². The second kappa shape index (κ2) is 7.51. The number of carbonyl (C=O) groups is 1. The zero-order chi connectivity index (χ0) is 16.2. The first-order valence-electron chi connectivity index (χ1n) is 8.70. The van der Waals surface area contributed by atoms with Gasteiger partial charge in [0.2, 0.25) is 5.91 Å². The van der Waals surface area contributed by atoms with Crippen molar-refractivity contribution in [2.45, 2.75) is 69.1 Å². The van der Waals surface area contributed by atoms with Crippen LogP contribution >= 0.6 is 11.8 Å². The summed E-state index contributed by atoms with van der Waals surface area (Å²) >= 11 is 1.52. The van der Waals surface area contributed by atoms with Crippen LogP contribution in [0.5, 0.6) is 0 Å². The van der Waals surface area contributed by atoms with Gasteiger partial charge < -0.3 is 9.47 Å². The SMILES string of the molecule is C=CCn1c(SCC(=O)N2CCCCC2CC)nnc1C1CC1. The molecule has 3 rings (SSSR count). The lowest BCUT2D eigenvalue weighted by Gasteiger charge is -2.35. The van der Waals surface area contributed by atoms with Crippen LogP contribution in [0.2, 0.25) is 0 Å². The summed E-state index contributed by atoms with van der Waals surface area (Å²) in [5.74, 6) is 2.31. The fourth-order valence-electron chi connectivity index (χ4n) is 3.31. The number of aromatic nitrogens is 3. The highest BCUT2D eigenvalue weighted by Crippen LogP contribution is 2.40. The van der Waals surface area contributed by atoms with Crippen LogP contribution < -0.4 is 0 Å². The van der Waals surface area contributed by atoms with Crippen molar-refractivity contribution in [3.05, 3.63) is 18.5 Å². The van der Waals surface area contributed by atoms with Gasteiger partial charge in [-0.3, -0.25) is 4.79 Å². The highest BCUT2D eigenvalue weighted by Gasteiger charge is 2.31. The van der Waals surface area contributed by atoms with E-state index in [1.54, 1.807) is 0 Å². The molecule has 2 fully saturated rings. The summed E-state index contributed by atoms with van der Waals surface area (Å²) in [6, 6.07) is 0.421. The molecule has 1 aromatic rings. The van der Waals surface area contributed by atoms with Gasteiger partial charge in [0.05, 0.1) is 5.75 Å². The molecular formula is C17H26N4OS. The van der Waals surface area contributed by atoms with Crippen LogP contribution in [0.3, 0.4) is 0 Å². The molecule has 6 heteroatoms.